The van der Waals surface area contributed by atoms with E-state index in [-0.39, 0.29) is 12.1 Å². The number of anilines is 1. The molecule has 0 radical (unpaired) electrons. The number of aryl methyl sites for hydroxylation is 1. The summed E-state index contributed by atoms with van der Waals surface area (Å²) in [6.45, 7) is 4.57. The first-order chi connectivity index (χ1) is 9.17. The van der Waals surface area contributed by atoms with E-state index in [0.29, 0.717) is 37.8 Å². The zero-order chi connectivity index (χ0) is 13.4. The Kier molecular flexibility index (Phi) is 2.71. The van der Waals surface area contributed by atoms with Gasteiger partial charge in [-0.15, -0.1) is 0 Å². The maximum absolute atomic E-state index is 11.5. The number of urea groups is 1. The van der Waals surface area contributed by atoms with Gasteiger partial charge >= 0.3 is 6.03 Å². The number of hydrogen-bond donors (Lipinski definition) is 1. The molecule has 3 heterocycles. The van der Waals surface area contributed by atoms with Crippen molar-refractivity contribution < 1.29 is 4.79 Å². The van der Waals surface area contributed by atoms with Gasteiger partial charge in [0, 0.05) is 31.9 Å². The first-order valence-electron chi connectivity index (χ1n) is 6.22. The third-order valence-corrected chi connectivity index (χ3v) is 3.47. The Balaban J connectivity index is 1.83. The van der Waals surface area contributed by atoms with Crippen LogP contribution in [-0.2, 0) is 0 Å². The average Bonchev–Trinajstić information content (AvgIpc) is 2.79. The van der Waals surface area contributed by atoms with Crippen molar-refractivity contribution in [2.24, 2.45) is 0 Å². The maximum atomic E-state index is 11.5. The van der Waals surface area contributed by atoms with E-state index < -0.39 is 0 Å². The summed E-state index contributed by atoms with van der Waals surface area (Å²) in [6.07, 6.45) is 0. The van der Waals surface area contributed by atoms with Crippen molar-refractivity contribution in [1.29, 1.82) is 5.26 Å². The van der Waals surface area contributed by atoms with Crippen LogP contribution in [0.1, 0.15) is 11.4 Å². The molecule has 2 aliphatic heterocycles. The number of carbonyl (C=O) groups is 1. The molecule has 1 aromatic heterocycles. The quantitative estimate of drug-likeness (QED) is 0.758. The largest absolute Gasteiger partial charge is 0.337 e. The Morgan fingerprint density at radius 3 is 3.11 bits per heavy atom. The van der Waals surface area contributed by atoms with Gasteiger partial charge in [0.05, 0.1) is 6.04 Å². The van der Waals surface area contributed by atoms with E-state index in [1.54, 1.807) is 6.07 Å². The molecule has 3 rings (SSSR count). The van der Waals surface area contributed by atoms with Crippen LogP contribution in [-0.4, -0.2) is 53.1 Å². The van der Waals surface area contributed by atoms with Gasteiger partial charge in [0.1, 0.15) is 11.8 Å². The lowest BCUT2D eigenvalue weighted by Gasteiger charge is -2.36. The summed E-state index contributed by atoms with van der Waals surface area (Å²) in [4.78, 5) is 24.0. The van der Waals surface area contributed by atoms with Crippen molar-refractivity contribution in [2.45, 2.75) is 13.0 Å². The summed E-state index contributed by atoms with van der Waals surface area (Å²) in [5.41, 5.74) is 1.16. The minimum absolute atomic E-state index is 0.00697. The molecular weight excluding hydrogens is 244 g/mol. The van der Waals surface area contributed by atoms with Gasteiger partial charge in [-0.1, -0.05) is 0 Å². The minimum atomic E-state index is 0.00697. The second-order valence-electron chi connectivity index (χ2n) is 4.79. The maximum Gasteiger partial charge on any atom is 0.317 e. The van der Waals surface area contributed by atoms with Gasteiger partial charge in [0.15, 0.2) is 0 Å². The first kappa shape index (κ1) is 11.7. The predicted molar refractivity (Wildman–Crippen MR) is 67.6 cm³/mol. The highest BCUT2D eigenvalue weighted by Crippen LogP contribution is 2.18. The molecule has 1 aromatic rings. The van der Waals surface area contributed by atoms with Crippen LogP contribution in [0, 0.1) is 18.3 Å². The second kappa shape index (κ2) is 4.39. The standard InChI is InChI=1S/C12H14N6O/c1-8-4-9(5-13)16-11(15-8)17-2-3-18-10(7-17)6-14-12(18)19/h4,10H,2-3,6-7H2,1H3,(H,14,19). The van der Waals surface area contributed by atoms with Gasteiger partial charge in [0.25, 0.3) is 0 Å². The van der Waals surface area contributed by atoms with Gasteiger partial charge in [-0.05, 0) is 13.0 Å². The molecule has 2 amide bonds. The number of rotatable bonds is 1. The Bertz CT molecular complexity index is 566. The fraction of sp³-hybridized carbons (Fsp3) is 0.500. The fourth-order valence-corrected chi connectivity index (χ4v) is 2.54. The lowest BCUT2D eigenvalue weighted by atomic mass is 10.2. The van der Waals surface area contributed by atoms with Crippen LogP contribution in [0.3, 0.4) is 0 Å². The summed E-state index contributed by atoms with van der Waals surface area (Å²) in [6, 6.07) is 3.88. The summed E-state index contributed by atoms with van der Waals surface area (Å²) in [5, 5.41) is 11.8. The van der Waals surface area contributed by atoms with Gasteiger partial charge in [-0.3, -0.25) is 0 Å². The van der Waals surface area contributed by atoms with E-state index in [0.717, 1.165) is 5.69 Å². The molecule has 0 aliphatic carbocycles. The van der Waals surface area contributed by atoms with Crippen LogP contribution < -0.4 is 10.2 Å². The normalized spacial score (nSPS) is 21.9. The highest BCUT2D eigenvalue weighted by atomic mass is 16.2. The summed E-state index contributed by atoms with van der Waals surface area (Å²) >= 11 is 0. The summed E-state index contributed by atoms with van der Waals surface area (Å²) in [5.74, 6) is 0.579. The Morgan fingerprint density at radius 2 is 2.32 bits per heavy atom. The van der Waals surface area contributed by atoms with Crippen LogP contribution in [0.2, 0.25) is 0 Å². The lowest BCUT2D eigenvalue weighted by molar-refractivity contribution is 0.197. The number of nitriles is 1. The minimum Gasteiger partial charge on any atom is -0.337 e. The van der Waals surface area contributed by atoms with Crippen LogP contribution in [0.15, 0.2) is 6.07 Å². The summed E-state index contributed by atoms with van der Waals surface area (Å²) < 4.78 is 0. The molecule has 0 spiro atoms. The second-order valence-corrected chi connectivity index (χ2v) is 4.79. The number of hydrogen-bond acceptors (Lipinski definition) is 5. The van der Waals surface area contributed by atoms with E-state index in [2.05, 4.69) is 15.3 Å². The smallest absolute Gasteiger partial charge is 0.317 e. The Morgan fingerprint density at radius 1 is 1.47 bits per heavy atom. The highest BCUT2D eigenvalue weighted by molar-refractivity contribution is 5.77. The van der Waals surface area contributed by atoms with E-state index in [4.69, 9.17) is 5.26 Å². The van der Waals surface area contributed by atoms with E-state index in [1.165, 1.54) is 0 Å². The van der Waals surface area contributed by atoms with Gasteiger partial charge in [-0.25, -0.2) is 14.8 Å². The number of carbonyl (C=O) groups excluding carboxylic acids is 1. The molecule has 0 aromatic carbocycles. The lowest BCUT2D eigenvalue weighted by Crippen LogP contribution is -2.52. The van der Waals surface area contributed by atoms with Crippen molar-refractivity contribution in [1.82, 2.24) is 20.2 Å². The van der Waals surface area contributed by atoms with Crippen molar-refractivity contribution in [3.05, 3.63) is 17.5 Å². The predicted octanol–water partition coefficient (Wildman–Crippen LogP) is -0.130. The number of nitrogens with zero attached hydrogens (tertiary/aromatic N) is 5. The SMILES string of the molecule is Cc1cc(C#N)nc(N2CCN3C(=O)NCC3C2)n1. The molecule has 2 saturated heterocycles. The fourth-order valence-electron chi connectivity index (χ4n) is 2.54. The molecule has 2 aliphatic rings. The molecule has 1 atom stereocenters. The zero-order valence-corrected chi connectivity index (χ0v) is 10.6. The Hall–Kier alpha value is -2.36. The van der Waals surface area contributed by atoms with Crippen molar-refractivity contribution in [3.8, 4) is 6.07 Å². The number of aromatic nitrogens is 2. The van der Waals surface area contributed by atoms with Gasteiger partial charge in [0.2, 0.25) is 5.95 Å². The van der Waals surface area contributed by atoms with E-state index >= 15 is 0 Å². The number of amides is 2. The molecule has 1 unspecified atom stereocenters. The molecule has 7 heteroatoms. The zero-order valence-electron chi connectivity index (χ0n) is 10.6. The first-order valence-corrected chi connectivity index (χ1v) is 6.22. The van der Waals surface area contributed by atoms with Crippen LogP contribution in [0.4, 0.5) is 10.7 Å². The van der Waals surface area contributed by atoms with E-state index in [9.17, 15) is 4.79 Å². The molecule has 2 fully saturated rings. The average molecular weight is 258 g/mol. The topological polar surface area (TPSA) is 85.2 Å². The monoisotopic (exact) mass is 258 g/mol. The number of fused-ring (bicyclic) bond motifs is 1. The molecular formula is C12H14N6O. The van der Waals surface area contributed by atoms with Crippen molar-refractivity contribution in [2.75, 3.05) is 31.1 Å². The van der Waals surface area contributed by atoms with E-state index in [1.807, 2.05) is 22.8 Å². The third kappa shape index (κ3) is 2.05. The van der Waals surface area contributed by atoms with Crippen LogP contribution in [0.25, 0.3) is 0 Å². The van der Waals surface area contributed by atoms with Gasteiger partial charge in [-0.2, -0.15) is 5.26 Å². The van der Waals surface area contributed by atoms with Crippen LogP contribution >= 0.6 is 0 Å². The number of nitrogens with one attached hydrogen (secondary N) is 1. The molecule has 1 N–H and O–H groups in total. The van der Waals surface area contributed by atoms with Crippen LogP contribution in [0.5, 0.6) is 0 Å². The van der Waals surface area contributed by atoms with Gasteiger partial charge < -0.3 is 15.1 Å². The molecule has 0 bridgehead atoms. The molecule has 19 heavy (non-hydrogen) atoms. The molecule has 98 valence electrons. The van der Waals surface area contributed by atoms with Crippen molar-refractivity contribution in [3.63, 3.8) is 0 Å². The highest BCUT2D eigenvalue weighted by Gasteiger charge is 2.36. The molecule has 0 saturated carbocycles. The Labute approximate surface area is 110 Å². The summed E-state index contributed by atoms with van der Waals surface area (Å²) in [7, 11) is 0. The molecule has 7 nitrogen and oxygen atoms in total. The van der Waals surface area contributed by atoms with Crippen molar-refractivity contribution >= 4 is 12.0 Å². The third-order valence-electron chi connectivity index (χ3n) is 3.47. The number of piperazine rings is 1.